The molecule has 0 unspecified atom stereocenters. The summed E-state index contributed by atoms with van der Waals surface area (Å²) in [5.74, 6) is 0.839. The number of hydrogen-bond acceptors (Lipinski definition) is 4. The first kappa shape index (κ1) is 10.4. The van der Waals surface area contributed by atoms with Crippen molar-refractivity contribution >= 4 is 0 Å². The lowest BCUT2D eigenvalue weighted by Crippen LogP contribution is -2.38. The van der Waals surface area contributed by atoms with E-state index in [0.717, 1.165) is 38.6 Å². The first-order valence-electron chi connectivity index (χ1n) is 5.28. The van der Waals surface area contributed by atoms with E-state index in [0.29, 0.717) is 6.61 Å². The van der Waals surface area contributed by atoms with E-state index in [4.69, 9.17) is 9.47 Å². The highest BCUT2D eigenvalue weighted by atomic mass is 16.5. The second-order valence-corrected chi connectivity index (χ2v) is 3.49. The van der Waals surface area contributed by atoms with Crippen molar-refractivity contribution in [3.05, 3.63) is 24.5 Å². The van der Waals surface area contributed by atoms with Gasteiger partial charge in [0.2, 0.25) is 0 Å². The first-order chi connectivity index (χ1) is 7.45. The highest BCUT2D eigenvalue weighted by Gasteiger charge is 2.09. The average Bonchev–Trinajstić information content (AvgIpc) is 2.32. The van der Waals surface area contributed by atoms with E-state index in [2.05, 4.69) is 9.88 Å². The predicted octanol–water partition coefficient (Wildman–Crippen LogP) is 0.793. The van der Waals surface area contributed by atoms with Crippen LogP contribution >= 0.6 is 0 Å². The predicted molar refractivity (Wildman–Crippen MR) is 57.0 cm³/mol. The third-order valence-electron chi connectivity index (χ3n) is 2.41. The number of ether oxygens (including phenoxy) is 2. The number of aromatic nitrogens is 1. The lowest BCUT2D eigenvalue weighted by atomic mass is 10.4. The summed E-state index contributed by atoms with van der Waals surface area (Å²) in [4.78, 5) is 6.34. The Morgan fingerprint density at radius 3 is 3.00 bits per heavy atom. The molecule has 82 valence electrons. The number of hydrogen-bond donors (Lipinski definition) is 0. The van der Waals surface area contributed by atoms with Crippen LogP contribution in [-0.2, 0) is 4.74 Å². The van der Waals surface area contributed by atoms with Crippen molar-refractivity contribution in [2.45, 2.75) is 0 Å². The van der Waals surface area contributed by atoms with Gasteiger partial charge in [0.1, 0.15) is 12.4 Å². The van der Waals surface area contributed by atoms with Crippen LogP contribution in [0.25, 0.3) is 0 Å². The molecule has 0 amide bonds. The Kier molecular flexibility index (Phi) is 3.93. The fourth-order valence-corrected chi connectivity index (χ4v) is 1.55. The molecule has 1 aromatic rings. The van der Waals surface area contributed by atoms with Gasteiger partial charge in [-0.1, -0.05) is 0 Å². The van der Waals surface area contributed by atoms with Crippen molar-refractivity contribution in [1.29, 1.82) is 0 Å². The van der Waals surface area contributed by atoms with Gasteiger partial charge in [-0.25, -0.2) is 0 Å². The van der Waals surface area contributed by atoms with Crippen LogP contribution in [-0.4, -0.2) is 49.3 Å². The summed E-state index contributed by atoms with van der Waals surface area (Å²) in [5.41, 5.74) is 0. The molecule has 0 radical (unpaired) electrons. The first-order valence-corrected chi connectivity index (χ1v) is 5.28. The summed E-state index contributed by atoms with van der Waals surface area (Å²) in [7, 11) is 0. The third kappa shape index (κ3) is 3.49. The molecule has 4 heteroatoms. The van der Waals surface area contributed by atoms with Crippen LogP contribution in [0.2, 0.25) is 0 Å². The summed E-state index contributed by atoms with van der Waals surface area (Å²) >= 11 is 0. The summed E-state index contributed by atoms with van der Waals surface area (Å²) in [6.45, 7) is 5.37. The van der Waals surface area contributed by atoms with E-state index in [1.807, 2.05) is 12.1 Å². The number of morpholine rings is 1. The van der Waals surface area contributed by atoms with E-state index < -0.39 is 0 Å². The fourth-order valence-electron chi connectivity index (χ4n) is 1.55. The van der Waals surface area contributed by atoms with Crippen LogP contribution < -0.4 is 4.74 Å². The molecule has 1 fully saturated rings. The minimum atomic E-state index is 0.714. The zero-order valence-corrected chi connectivity index (χ0v) is 8.76. The zero-order valence-electron chi connectivity index (χ0n) is 8.76. The molecule has 2 rings (SSSR count). The highest BCUT2D eigenvalue weighted by molar-refractivity contribution is 5.15. The van der Waals surface area contributed by atoms with Gasteiger partial charge >= 0.3 is 0 Å². The van der Waals surface area contributed by atoms with Crippen LogP contribution in [0, 0.1) is 0 Å². The highest BCUT2D eigenvalue weighted by Crippen LogP contribution is 2.06. The van der Waals surface area contributed by atoms with Crippen LogP contribution in [0.4, 0.5) is 0 Å². The van der Waals surface area contributed by atoms with E-state index in [1.54, 1.807) is 12.4 Å². The van der Waals surface area contributed by atoms with Gasteiger partial charge in [0, 0.05) is 25.8 Å². The van der Waals surface area contributed by atoms with Crippen LogP contribution in [0.5, 0.6) is 5.75 Å². The van der Waals surface area contributed by atoms with Crippen molar-refractivity contribution in [2.75, 3.05) is 39.5 Å². The molecule has 1 saturated heterocycles. The quantitative estimate of drug-likeness (QED) is 0.733. The Morgan fingerprint density at radius 2 is 2.27 bits per heavy atom. The number of nitrogens with zero attached hydrogens (tertiary/aromatic N) is 2. The standard InChI is InChI=1S/C11H16N2O2/c1-2-11(10-12-3-1)15-9-6-13-4-7-14-8-5-13/h1-3,10H,4-9H2. The maximum absolute atomic E-state index is 5.56. The summed E-state index contributed by atoms with van der Waals surface area (Å²) in [6.07, 6.45) is 3.48. The normalized spacial score (nSPS) is 17.6. The topological polar surface area (TPSA) is 34.6 Å². The van der Waals surface area contributed by atoms with Crippen molar-refractivity contribution in [1.82, 2.24) is 9.88 Å². The molecule has 15 heavy (non-hydrogen) atoms. The summed E-state index contributed by atoms with van der Waals surface area (Å²) in [6, 6.07) is 3.80. The Balaban J connectivity index is 1.66. The fraction of sp³-hybridized carbons (Fsp3) is 0.545. The molecule has 0 aromatic carbocycles. The van der Waals surface area contributed by atoms with Gasteiger partial charge in [-0.3, -0.25) is 9.88 Å². The summed E-state index contributed by atoms with van der Waals surface area (Å²) < 4.78 is 10.8. The van der Waals surface area contributed by atoms with Gasteiger partial charge in [-0.15, -0.1) is 0 Å². The molecule has 0 aliphatic carbocycles. The van der Waals surface area contributed by atoms with Crippen molar-refractivity contribution in [2.24, 2.45) is 0 Å². The Bertz CT molecular complexity index is 273. The molecule has 0 spiro atoms. The molecular weight excluding hydrogens is 192 g/mol. The van der Waals surface area contributed by atoms with Gasteiger partial charge in [-0.05, 0) is 12.1 Å². The van der Waals surface area contributed by atoms with Crippen LogP contribution in [0.1, 0.15) is 0 Å². The Morgan fingerprint density at radius 1 is 1.40 bits per heavy atom. The smallest absolute Gasteiger partial charge is 0.137 e. The molecule has 1 aromatic heterocycles. The van der Waals surface area contributed by atoms with Crippen LogP contribution in [0.15, 0.2) is 24.5 Å². The van der Waals surface area contributed by atoms with E-state index >= 15 is 0 Å². The van der Waals surface area contributed by atoms with Gasteiger partial charge in [0.05, 0.1) is 19.4 Å². The molecule has 2 heterocycles. The van der Waals surface area contributed by atoms with E-state index in [9.17, 15) is 0 Å². The molecule has 0 saturated carbocycles. The molecule has 4 nitrogen and oxygen atoms in total. The van der Waals surface area contributed by atoms with Crippen LogP contribution in [0.3, 0.4) is 0 Å². The molecular formula is C11H16N2O2. The Hall–Kier alpha value is -1.13. The minimum Gasteiger partial charge on any atom is -0.491 e. The molecule has 1 aliphatic rings. The molecule has 1 aliphatic heterocycles. The second-order valence-electron chi connectivity index (χ2n) is 3.49. The monoisotopic (exact) mass is 208 g/mol. The second kappa shape index (κ2) is 5.68. The van der Waals surface area contributed by atoms with Crippen molar-refractivity contribution in [3.8, 4) is 5.75 Å². The minimum absolute atomic E-state index is 0.714. The number of pyridine rings is 1. The molecule has 0 atom stereocenters. The van der Waals surface area contributed by atoms with E-state index in [1.165, 1.54) is 0 Å². The summed E-state index contributed by atoms with van der Waals surface area (Å²) in [5, 5.41) is 0. The average molecular weight is 208 g/mol. The van der Waals surface area contributed by atoms with Gasteiger partial charge in [0.25, 0.3) is 0 Å². The van der Waals surface area contributed by atoms with E-state index in [-0.39, 0.29) is 0 Å². The third-order valence-corrected chi connectivity index (χ3v) is 2.41. The maximum Gasteiger partial charge on any atom is 0.137 e. The molecule has 0 N–H and O–H groups in total. The lowest BCUT2D eigenvalue weighted by molar-refractivity contribution is 0.0322. The van der Waals surface area contributed by atoms with Crippen molar-refractivity contribution in [3.63, 3.8) is 0 Å². The maximum atomic E-state index is 5.56. The van der Waals surface area contributed by atoms with Crippen molar-refractivity contribution < 1.29 is 9.47 Å². The van der Waals surface area contributed by atoms with Gasteiger partial charge in [0.15, 0.2) is 0 Å². The largest absolute Gasteiger partial charge is 0.491 e. The SMILES string of the molecule is c1cncc(OCCN2CCOCC2)c1. The zero-order chi connectivity index (χ0) is 10.3. The molecule has 0 bridgehead atoms. The lowest BCUT2D eigenvalue weighted by Gasteiger charge is -2.26. The Labute approximate surface area is 89.8 Å². The van der Waals surface area contributed by atoms with Gasteiger partial charge in [-0.2, -0.15) is 0 Å². The number of rotatable bonds is 4. The van der Waals surface area contributed by atoms with Gasteiger partial charge < -0.3 is 9.47 Å².